The lowest BCUT2D eigenvalue weighted by Gasteiger charge is -2.13. The number of nitro groups is 1. The van der Waals surface area contributed by atoms with Crippen LogP contribution in [0.5, 0.6) is 5.75 Å². The van der Waals surface area contributed by atoms with Gasteiger partial charge in [0.25, 0.3) is 5.69 Å². The van der Waals surface area contributed by atoms with Gasteiger partial charge in [-0.25, -0.2) is 0 Å². The van der Waals surface area contributed by atoms with Gasteiger partial charge in [-0.15, -0.1) is 0 Å². The molecule has 5 heteroatoms. The molecule has 1 aromatic carbocycles. The first kappa shape index (κ1) is 11.4. The van der Waals surface area contributed by atoms with Crippen LogP contribution >= 0.6 is 0 Å². The van der Waals surface area contributed by atoms with Gasteiger partial charge in [0.15, 0.2) is 5.56 Å². The molecule has 0 bridgehead atoms. The topological polar surface area (TPSA) is 76.2 Å². The van der Waals surface area contributed by atoms with Gasteiger partial charge >= 0.3 is 0 Å². The maximum absolute atomic E-state index is 10.8. The average molecular weight is 232 g/mol. The second-order valence-corrected chi connectivity index (χ2v) is 4.04. The molecule has 0 unspecified atom stereocenters. The normalized spacial score (nSPS) is 15.5. The minimum absolute atomic E-state index is 0.0180. The number of hydrogen-bond donors (Lipinski definition) is 0. The maximum atomic E-state index is 10.8. The molecule has 1 fully saturated rings. The number of benzene rings is 1. The summed E-state index contributed by atoms with van der Waals surface area (Å²) in [7, 11) is 0. The first-order chi connectivity index (χ1) is 8.22. The van der Waals surface area contributed by atoms with E-state index in [1.807, 2.05) is 6.07 Å². The second-order valence-electron chi connectivity index (χ2n) is 4.04. The third-order valence-electron chi connectivity index (χ3n) is 2.91. The summed E-state index contributed by atoms with van der Waals surface area (Å²) in [6.07, 6.45) is 4.22. The summed E-state index contributed by atoms with van der Waals surface area (Å²) in [6, 6.07) is 6.33. The zero-order valence-electron chi connectivity index (χ0n) is 9.26. The maximum Gasteiger partial charge on any atom is 0.290 e. The largest absolute Gasteiger partial charge is 0.489 e. The first-order valence-corrected chi connectivity index (χ1v) is 5.56. The molecule has 0 heterocycles. The van der Waals surface area contributed by atoms with Gasteiger partial charge in [-0.3, -0.25) is 10.1 Å². The van der Waals surface area contributed by atoms with Crippen LogP contribution in [0.25, 0.3) is 0 Å². The Morgan fingerprint density at radius 2 is 2.12 bits per heavy atom. The van der Waals surface area contributed by atoms with E-state index in [-0.39, 0.29) is 17.4 Å². The van der Waals surface area contributed by atoms with Gasteiger partial charge in [-0.1, -0.05) is 6.07 Å². The Kier molecular flexibility index (Phi) is 3.24. The smallest absolute Gasteiger partial charge is 0.290 e. The van der Waals surface area contributed by atoms with Crippen LogP contribution in [0.15, 0.2) is 18.2 Å². The van der Waals surface area contributed by atoms with E-state index in [4.69, 9.17) is 10.00 Å². The molecule has 5 nitrogen and oxygen atoms in total. The fourth-order valence-electron chi connectivity index (χ4n) is 2.07. The fraction of sp³-hybridized carbons (Fsp3) is 0.417. The Bertz CT molecular complexity index is 473. The predicted molar refractivity (Wildman–Crippen MR) is 60.7 cm³/mol. The highest BCUT2D eigenvalue weighted by atomic mass is 16.6. The Morgan fingerprint density at radius 1 is 1.41 bits per heavy atom. The van der Waals surface area contributed by atoms with Crippen molar-refractivity contribution in [1.82, 2.24) is 0 Å². The van der Waals surface area contributed by atoms with E-state index in [1.165, 1.54) is 6.07 Å². The molecule has 1 saturated carbocycles. The highest BCUT2D eigenvalue weighted by molar-refractivity contribution is 5.56. The standard InChI is InChI=1S/C12H12N2O3/c13-8-10-11(14(15)16)6-3-7-12(10)17-9-4-1-2-5-9/h3,6-7,9H,1-2,4-5H2. The summed E-state index contributed by atoms with van der Waals surface area (Å²) in [5, 5.41) is 19.8. The van der Waals surface area contributed by atoms with Gasteiger partial charge in [-0.2, -0.15) is 5.26 Å². The van der Waals surface area contributed by atoms with Crippen LogP contribution in [0.1, 0.15) is 31.2 Å². The third-order valence-corrected chi connectivity index (χ3v) is 2.91. The van der Waals surface area contributed by atoms with Gasteiger partial charge in [0.1, 0.15) is 11.8 Å². The SMILES string of the molecule is N#Cc1c(OC2CCCC2)cccc1[N+](=O)[O-]. The van der Waals surface area contributed by atoms with Crippen LogP contribution in [0.4, 0.5) is 5.69 Å². The van der Waals surface area contributed by atoms with E-state index in [2.05, 4.69) is 0 Å². The summed E-state index contributed by atoms with van der Waals surface area (Å²) >= 11 is 0. The van der Waals surface area contributed by atoms with Crippen molar-refractivity contribution < 1.29 is 9.66 Å². The molecule has 0 saturated heterocycles. The molecule has 0 atom stereocenters. The van der Waals surface area contributed by atoms with Crippen molar-refractivity contribution in [3.05, 3.63) is 33.9 Å². The molecule has 0 aromatic heterocycles. The molecule has 88 valence electrons. The Balaban J connectivity index is 2.30. The van der Waals surface area contributed by atoms with E-state index in [1.54, 1.807) is 12.1 Å². The van der Waals surface area contributed by atoms with E-state index in [9.17, 15) is 10.1 Å². The minimum atomic E-state index is -0.555. The lowest BCUT2D eigenvalue weighted by molar-refractivity contribution is -0.385. The van der Waals surface area contributed by atoms with Crippen molar-refractivity contribution in [2.75, 3.05) is 0 Å². The van der Waals surface area contributed by atoms with Crippen molar-refractivity contribution in [2.45, 2.75) is 31.8 Å². The van der Waals surface area contributed by atoms with E-state index < -0.39 is 4.92 Å². The predicted octanol–water partition coefficient (Wildman–Crippen LogP) is 2.79. The summed E-state index contributed by atoms with van der Waals surface area (Å²) in [4.78, 5) is 10.2. The number of nitriles is 1. The molecule has 0 spiro atoms. The number of hydrogen-bond acceptors (Lipinski definition) is 4. The zero-order valence-corrected chi connectivity index (χ0v) is 9.26. The van der Waals surface area contributed by atoms with Crippen molar-refractivity contribution in [3.8, 4) is 11.8 Å². The van der Waals surface area contributed by atoms with Crippen LogP contribution in [-0.2, 0) is 0 Å². The van der Waals surface area contributed by atoms with Crippen LogP contribution < -0.4 is 4.74 Å². The van der Waals surface area contributed by atoms with Gasteiger partial charge in [0, 0.05) is 6.07 Å². The number of nitro benzene ring substituents is 1. The molecule has 17 heavy (non-hydrogen) atoms. The molecular formula is C12H12N2O3. The van der Waals surface area contributed by atoms with E-state index >= 15 is 0 Å². The molecule has 1 aliphatic rings. The molecule has 0 N–H and O–H groups in total. The highest BCUT2D eigenvalue weighted by Crippen LogP contribution is 2.31. The van der Waals surface area contributed by atoms with Crippen molar-refractivity contribution >= 4 is 5.69 Å². The molecule has 0 aliphatic heterocycles. The van der Waals surface area contributed by atoms with Crippen LogP contribution in [0.3, 0.4) is 0 Å². The van der Waals surface area contributed by atoms with Crippen molar-refractivity contribution in [3.63, 3.8) is 0 Å². The van der Waals surface area contributed by atoms with Gasteiger partial charge in [0.2, 0.25) is 0 Å². The monoisotopic (exact) mass is 232 g/mol. The summed E-state index contributed by atoms with van der Waals surface area (Å²) in [6.45, 7) is 0. The van der Waals surface area contributed by atoms with Crippen molar-refractivity contribution in [2.24, 2.45) is 0 Å². The number of ether oxygens (including phenoxy) is 1. The first-order valence-electron chi connectivity index (χ1n) is 5.56. The summed E-state index contributed by atoms with van der Waals surface area (Å²) < 4.78 is 5.66. The third kappa shape index (κ3) is 2.36. The molecule has 2 rings (SSSR count). The minimum Gasteiger partial charge on any atom is -0.489 e. The molecule has 0 amide bonds. The van der Waals surface area contributed by atoms with Crippen LogP contribution in [0.2, 0.25) is 0 Å². The van der Waals surface area contributed by atoms with E-state index in [0.717, 1.165) is 25.7 Å². The molecule has 1 aliphatic carbocycles. The fourth-order valence-corrected chi connectivity index (χ4v) is 2.07. The molecular weight excluding hydrogens is 220 g/mol. The number of nitrogens with zero attached hydrogens (tertiary/aromatic N) is 2. The molecule has 0 radical (unpaired) electrons. The summed E-state index contributed by atoms with van der Waals surface area (Å²) in [5.74, 6) is 0.327. The van der Waals surface area contributed by atoms with Crippen molar-refractivity contribution in [1.29, 1.82) is 5.26 Å². The Labute approximate surface area is 98.8 Å². The summed E-state index contributed by atoms with van der Waals surface area (Å²) in [5.41, 5.74) is -0.174. The number of rotatable bonds is 3. The zero-order chi connectivity index (χ0) is 12.3. The highest BCUT2D eigenvalue weighted by Gasteiger charge is 2.22. The molecule has 1 aromatic rings. The van der Waals surface area contributed by atoms with Crippen LogP contribution in [-0.4, -0.2) is 11.0 Å². The Morgan fingerprint density at radius 3 is 2.71 bits per heavy atom. The quantitative estimate of drug-likeness (QED) is 0.593. The average Bonchev–Trinajstić information content (AvgIpc) is 2.81. The van der Waals surface area contributed by atoms with E-state index in [0.29, 0.717) is 5.75 Å². The second kappa shape index (κ2) is 4.83. The van der Waals surface area contributed by atoms with Gasteiger partial charge in [-0.05, 0) is 31.7 Å². The Hall–Kier alpha value is -2.09. The van der Waals surface area contributed by atoms with Gasteiger partial charge < -0.3 is 4.74 Å². The lowest BCUT2D eigenvalue weighted by atomic mass is 10.1. The van der Waals surface area contributed by atoms with Crippen LogP contribution in [0, 0.1) is 21.4 Å². The van der Waals surface area contributed by atoms with Gasteiger partial charge in [0.05, 0.1) is 11.0 Å². The lowest BCUT2D eigenvalue weighted by Crippen LogP contribution is -2.12.